The van der Waals surface area contributed by atoms with Crippen LogP contribution in [0.1, 0.15) is 22.3 Å². The van der Waals surface area contributed by atoms with Crippen LogP contribution in [-0.2, 0) is 10.4 Å². The van der Waals surface area contributed by atoms with E-state index in [1.165, 1.54) is 6.07 Å². The molecule has 0 fully saturated rings. The molecule has 214 valence electrons. The third-order valence-electron chi connectivity index (χ3n) is 8.01. The van der Waals surface area contributed by atoms with Crippen molar-refractivity contribution in [2.24, 2.45) is 30.0 Å². The van der Waals surface area contributed by atoms with E-state index in [4.69, 9.17) is 38.4 Å². The number of hydrogen-bond donors (Lipinski definition) is 1. The summed E-state index contributed by atoms with van der Waals surface area (Å²) < 4.78 is 40.0. The number of aromatic amines is 1. The van der Waals surface area contributed by atoms with Gasteiger partial charge < -0.3 is 9.17 Å². The molecular weight excluding hydrogens is 592 g/mol. The van der Waals surface area contributed by atoms with Gasteiger partial charge in [-0.15, -0.1) is 13.1 Å². The number of nitrogens with zero attached hydrogens (tertiary/aromatic N) is 7. The summed E-state index contributed by atoms with van der Waals surface area (Å²) in [4.78, 5) is 32.6. The Balaban J connectivity index is 1.47. The van der Waals surface area contributed by atoms with E-state index in [0.29, 0.717) is 56.5 Å². The van der Waals surface area contributed by atoms with Crippen LogP contribution in [0.4, 0.5) is 11.6 Å². The molecule has 0 atom stereocenters. The number of H-pyrrole nitrogens is 1. The minimum atomic E-state index is -4.78. The van der Waals surface area contributed by atoms with Crippen LogP contribution in [0.2, 0.25) is 0 Å². The zero-order valence-corrected chi connectivity index (χ0v) is 23.6. The molecule has 6 heterocycles. The monoisotopic (exact) mass is 608 g/mol. The van der Waals surface area contributed by atoms with Crippen molar-refractivity contribution < 1.29 is 16.9 Å². The fourth-order valence-corrected chi connectivity index (χ4v) is 6.80. The summed E-state index contributed by atoms with van der Waals surface area (Å²) in [6, 6.07) is 27.5. The Kier molecular flexibility index (Phi) is 4.56. The highest BCUT2D eigenvalue weighted by Crippen LogP contribution is 2.42. The first-order valence-corrected chi connectivity index (χ1v) is 15.2. The van der Waals surface area contributed by atoms with E-state index in [0.717, 1.165) is 27.0 Å². The second-order valence-electron chi connectivity index (χ2n) is 10.6. The molecule has 0 saturated carbocycles. The molecule has 2 aromatic heterocycles. The summed E-state index contributed by atoms with van der Waals surface area (Å²) >= 11 is 0. The van der Waals surface area contributed by atoms with Gasteiger partial charge in [0.05, 0.1) is 5.39 Å². The Bertz CT molecular complexity index is 2730. The van der Waals surface area contributed by atoms with E-state index in [9.17, 15) is 8.42 Å². The molecule has 0 saturated heterocycles. The predicted molar refractivity (Wildman–Crippen MR) is 167 cm³/mol. The number of fused-ring (bicyclic) bond motifs is 13. The van der Waals surface area contributed by atoms with E-state index in [-0.39, 0.29) is 16.7 Å². The molecule has 0 amide bonds. The quantitative estimate of drug-likeness (QED) is 0.279. The highest BCUT2D eigenvalue weighted by molar-refractivity contribution is 7.82. The average Bonchev–Trinajstić information content (AvgIpc) is 3.76. The zero-order valence-electron chi connectivity index (χ0n) is 22.8. The van der Waals surface area contributed by atoms with Crippen LogP contribution in [0.25, 0.3) is 21.5 Å². The van der Waals surface area contributed by atoms with Crippen molar-refractivity contribution >= 4 is 66.9 Å². The number of amidine groups is 4. The van der Waals surface area contributed by atoms with Crippen molar-refractivity contribution in [2.45, 2.75) is 0 Å². The maximum Gasteiger partial charge on any atom is 0.520 e. The van der Waals surface area contributed by atoms with Gasteiger partial charge in [0.2, 0.25) is 0 Å². The van der Waals surface area contributed by atoms with Gasteiger partial charge in [0.15, 0.2) is 40.1 Å². The number of nitrogens with one attached hydrogen (secondary N) is 1. The molecule has 12 nitrogen and oxygen atoms in total. The summed E-state index contributed by atoms with van der Waals surface area (Å²) in [7, 11) is -4.78. The molecule has 9 bridgehead atoms. The van der Waals surface area contributed by atoms with Crippen molar-refractivity contribution in [1.82, 2.24) is 9.71 Å². The lowest BCUT2D eigenvalue weighted by molar-refractivity contribution is 0.227. The van der Waals surface area contributed by atoms with Crippen molar-refractivity contribution in [3.8, 4) is 5.75 Å². The standard InChI is InChI=1S/C32H16N8O4S/c41-45(42)43-23-15-7-14-22-24(23)30-36-26-17-9-2-4-11-19(17)28(34-26)39-32-21-13-6-5-12-20(21)31(40(32)44-45)38-27-18-10-3-1-8-16(18)25(33-27)35-29(22)37-30/h1-15H,(H,33,34,35,36,37,38,39). The molecule has 0 aliphatic carbocycles. The van der Waals surface area contributed by atoms with E-state index in [1.807, 2.05) is 72.8 Å². The fraction of sp³-hybridized carbons (Fsp3) is 0. The van der Waals surface area contributed by atoms with Crippen molar-refractivity contribution in [3.05, 3.63) is 124 Å². The minimum absolute atomic E-state index is 0.00829. The summed E-state index contributed by atoms with van der Waals surface area (Å²) in [5.41, 5.74) is 3.26. The molecule has 1 N–H and O–H groups in total. The lowest BCUT2D eigenvalue weighted by Gasteiger charge is -2.10. The van der Waals surface area contributed by atoms with Gasteiger partial charge in [0.1, 0.15) is 11.6 Å². The van der Waals surface area contributed by atoms with Gasteiger partial charge in [-0.3, -0.25) is 4.28 Å². The lowest BCUT2D eigenvalue weighted by atomic mass is 10.1. The van der Waals surface area contributed by atoms with Crippen molar-refractivity contribution in [2.75, 3.05) is 0 Å². The third-order valence-corrected chi connectivity index (χ3v) is 8.72. The Morgan fingerprint density at radius 2 is 1.02 bits per heavy atom. The van der Waals surface area contributed by atoms with Gasteiger partial charge in [-0.05, 0) is 6.07 Å². The largest absolute Gasteiger partial charge is 0.520 e. The molecule has 45 heavy (non-hydrogen) atoms. The molecule has 0 spiro atoms. The molecule has 10 rings (SSSR count). The van der Waals surface area contributed by atoms with Gasteiger partial charge in [0, 0.05) is 38.4 Å². The van der Waals surface area contributed by atoms with Gasteiger partial charge in [-0.2, -0.15) is 0 Å². The number of aromatic nitrogens is 2. The maximum atomic E-state index is 13.7. The highest BCUT2D eigenvalue weighted by Gasteiger charge is 2.30. The summed E-state index contributed by atoms with van der Waals surface area (Å²) in [5, 5.41) is 2.10. The summed E-state index contributed by atoms with van der Waals surface area (Å²) in [5.74, 6) is 2.16. The second-order valence-corrected chi connectivity index (χ2v) is 11.7. The number of hydrogen-bond acceptors (Lipinski definition) is 10. The molecule has 6 aromatic rings. The first kappa shape index (κ1) is 24.3. The van der Waals surface area contributed by atoms with E-state index >= 15 is 0 Å². The Labute approximate surface area is 253 Å². The first-order chi connectivity index (χ1) is 22.0. The summed E-state index contributed by atoms with van der Waals surface area (Å²) in [6.45, 7) is 0. The minimum Gasteiger partial charge on any atom is -0.351 e. The molecule has 4 aliphatic heterocycles. The number of benzene rings is 4. The smallest absolute Gasteiger partial charge is 0.351 e. The number of rotatable bonds is 0. The van der Waals surface area contributed by atoms with Crippen LogP contribution in [0.3, 0.4) is 0 Å². The summed E-state index contributed by atoms with van der Waals surface area (Å²) in [6.07, 6.45) is 0. The molecule has 0 radical (unpaired) electrons. The molecule has 4 aromatic carbocycles. The third kappa shape index (κ3) is 3.43. The van der Waals surface area contributed by atoms with E-state index in [1.54, 1.807) is 12.1 Å². The van der Waals surface area contributed by atoms with Gasteiger partial charge in [-0.1, -0.05) is 84.9 Å². The van der Waals surface area contributed by atoms with Crippen LogP contribution < -0.4 is 19.4 Å². The average molecular weight is 609 g/mol. The lowest BCUT2D eigenvalue weighted by Crippen LogP contribution is -2.39. The van der Waals surface area contributed by atoms with Crippen LogP contribution in [0, 0.1) is 0 Å². The van der Waals surface area contributed by atoms with E-state index in [2.05, 4.69) is 4.98 Å². The highest BCUT2D eigenvalue weighted by atomic mass is 32.3. The normalized spacial score (nSPS) is 16.7. The van der Waals surface area contributed by atoms with Crippen LogP contribution in [0.5, 0.6) is 5.75 Å². The first-order valence-electron chi connectivity index (χ1n) is 13.9. The Morgan fingerprint density at radius 1 is 0.533 bits per heavy atom. The van der Waals surface area contributed by atoms with E-state index < -0.39 is 10.4 Å². The Morgan fingerprint density at radius 3 is 1.60 bits per heavy atom. The van der Waals surface area contributed by atoms with Crippen molar-refractivity contribution in [1.29, 1.82) is 0 Å². The van der Waals surface area contributed by atoms with Gasteiger partial charge in [-0.25, -0.2) is 30.0 Å². The fourth-order valence-electron chi connectivity index (χ4n) is 6.09. The maximum absolute atomic E-state index is 13.7. The SMILES string of the molecule is O=S1(=O)Oc2cccc3c4[nH]c(c23)N=C2N=C(N=c3c5ccccc5c(n3O1)=NC1=NC(=N4)c3ccccc31)c1ccccc12. The number of aliphatic imine (C=N–C) groups is 4. The van der Waals surface area contributed by atoms with Gasteiger partial charge in [0.25, 0.3) is 0 Å². The van der Waals surface area contributed by atoms with Crippen LogP contribution >= 0.6 is 0 Å². The second kappa shape index (κ2) is 8.45. The molecule has 0 unspecified atom stereocenters. The zero-order chi connectivity index (χ0) is 29.9. The van der Waals surface area contributed by atoms with Crippen LogP contribution in [0.15, 0.2) is 121 Å². The molecule has 4 aliphatic rings. The molecule has 13 heteroatoms. The molecular formula is C32H16N8O4S. The van der Waals surface area contributed by atoms with Crippen molar-refractivity contribution in [3.63, 3.8) is 0 Å². The van der Waals surface area contributed by atoms with Crippen LogP contribution in [-0.4, -0.2) is 41.5 Å². The topological polar surface area (TPSA) is 147 Å². The predicted octanol–water partition coefficient (Wildman–Crippen LogP) is 3.82. The Hall–Kier alpha value is -6.21. The van der Waals surface area contributed by atoms with Gasteiger partial charge >= 0.3 is 10.4 Å².